The summed E-state index contributed by atoms with van der Waals surface area (Å²) in [5, 5.41) is 2.67. The number of sulfonamides is 1. The van der Waals surface area contributed by atoms with Crippen LogP contribution >= 0.6 is 0 Å². The highest BCUT2D eigenvalue weighted by molar-refractivity contribution is 7.89. The van der Waals surface area contributed by atoms with Crippen LogP contribution in [-0.2, 0) is 27.9 Å². The lowest BCUT2D eigenvalue weighted by atomic mass is 9.94. The van der Waals surface area contributed by atoms with Crippen molar-refractivity contribution in [3.8, 4) is 0 Å². The molecule has 3 aromatic rings. The number of piperidine rings is 1. The molecule has 0 bridgehead atoms. The fourth-order valence-electron chi connectivity index (χ4n) is 4.11. The molecule has 1 saturated heterocycles. The third-order valence-corrected chi connectivity index (χ3v) is 7.28. The number of hydrogen-bond donors (Lipinski definition) is 1. The normalized spacial score (nSPS) is 20.2. The Labute approximate surface area is 179 Å². The van der Waals surface area contributed by atoms with Gasteiger partial charge in [0.05, 0.1) is 23.2 Å². The molecular weight excluding hydrogens is 422 g/mol. The predicted molar refractivity (Wildman–Crippen MR) is 113 cm³/mol. The first-order valence-corrected chi connectivity index (χ1v) is 11.6. The summed E-state index contributed by atoms with van der Waals surface area (Å²) in [4.78, 5) is 24.6. The van der Waals surface area contributed by atoms with E-state index in [9.17, 15) is 18.0 Å². The molecule has 3 heterocycles. The molecule has 10 heteroatoms. The van der Waals surface area contributed by atoms with Gasteiger partial charge < -0.3 is 14.2 Å². The molecular formula is C21H25N3O6S. The predicted octanol–water partition coefficient (Wildman–Crippen LogP) is 2.17. The summed E-state index contributed by atoms with van der Waals surface area (Å²) in [6, 6.07) is 7.75. The van der Waals surface area contributed by atoms with Gasteiger partial charge in [-0.25, -0.2) is 13.2 Å². The number of aromatic nitrogens is 1. The second-order valence-corrected chi connectivity index (χ2v) is 10.1. The molecule has 0 unspecified atom stereocenters. The molecule has 2 atom stereocenters. The molecule has 0 spiro atoms. The van der Waals surface area contributed by atoms with E-state index in [2.05, 4.69) is 5.32 Å². The Morgan fingerprint density at radius 1 is 1.19 bits per heavy atom. The summed E-state index contributed by atoms with van der Waals surface area (Å²) < 4.78 is 39.3. The van der Waals surface area contributed by atoms with E-state index in [4.69, 9.17) is 8.83 Å². The highest BCUT2D eigenvalue weighted by Crippen LogP contribution is 2.28. The Hall–Kier alpha value is -2.85. The maximum atomic E-state index is 13.1. The van der Waals surface area contributed by atoms with Crippen LogP contribution in [0.3, 0.4) is 0 Å². The molecule has 1 aliphatic heterocycles. The van der Waals surface area contributed by atoms with Gasteiger partial charge >= 0.3 is 5.76 Å². The van der Waals surface area contributed by atoms with Gasteiger partial charge in [-0.1, -0.05) is 13.8 Å². The van der Waals surface area contributed by atoms with Crippen LogP contribution in [0, 0.1) is 11.8 Å². The van der Waals surface area contributed by atoms with Crippen LogP contribution in [0.4, 0.5) is 0 Å². The second-order valence-electron chi connectivity index (χ2n) is 8.21. The van der Waals surface area contributed by atoms with Crippen molar-refractivity contribution in [3.05, 3.63) is 52.9 Å². The molecule has 1 aliphatic rings. The Balaban J connectivity index is 1.55. The first kappa shape index (κ1) is 21.4. The number of benzene rings is 1. The summed E-state index contributed by atoms with van der Waals surface area (Å²) in [6.07, 6.45) is 2.50. The van der Waals surface area contributed by atoms with E-state index in [1.54, 1.807) is 12.1 Å². The number of nitrogens with zero attached hydrogens (tertiary/aromatic N) is 2. The average Bonchev–Trinajstić information content (AvgIpc) is 3.33. The monoisotopic (exact) mass is 447 g/mol. The van der Waals surface area contributed by atoms with Crippen LogP contribution in [-0.4, -0.2) is 36.3 Å². The molecule has 9 nitrogen and oxygen atoms in total. The number of rotatable bonds is 6. The van der Waals surface area contributed by atoms with Crippen LogP contribution in [0.1, 0.15) is 26.0 Å². The average molecular weight is 448 g/mol. The molecule has 166 valence electrons. The lowest BCUT2D eigenvalue weighted by Gasteiger charge is -2.34. The molecule has 0 radical (unpaired) electrons. The zero-order valence-corrected chi connectivity index (χ0v) is 18.2. The quantitative estimate of drug-likeness (QED) is 0.619. The molecule has 1 aromatic carbocycles. The standard InChI is InChI=1S/C21H25N3O6S/c1-14-8-15(2)12-23(11-14)31(27,28)17-5-6-18-19(9-17)30-21(26)24(18)13-20(25)22-10-16-4-3-7-29-16/h3-7,9,14-15H,8,10-13H2,1-2H3,(H,22,25)/t14-,15+. The molecule has 1 N–H and O–H groups in total. The minimum atomic E-state index is -3.71. The van der Waals surface area contributed by atoms with E-state index in [-0.39, 0.29) is 35.4 Å². The Morgan fingerprint density at radius 2 is 1.94 bits per heavy atom. The Kier molecular flexibility index (Phi) is 5.76. The Bertz CT molecular complexity index is 1230. The van der Waals surface area contributed by atoms with Gasteiger partial charge in [-0.05, 0) is 42.5 Å². The van der Waals surface area contributed by atoms with Crippen LogP contribution in [0.5, 0.6) is 0 Å². The van der Waals surface area contributed by atoms with Crippen molar-refractivity contribution in [3.63, 3.8) is 0 Å². The minimum Gasteiger partial charge on any atom is -0.467 e. The maximum Gasteiger partial charge on any atom is 0.420 e. The van der Waals surface area contributed by atoms with Gasteiger partial charge in [-0.2, -0.15) is 4.31 Å². The molecule has 0 aliphatic carbocycles. The minimum absolute atomic E-state index is 0.0736. The van der Waals surface area contributed by atoms with Gasteiger partial charge in [0.25, 0.3) is 0 Å². The highest BCUT2D eigenvalue weighted by atomic mass is 32.2. The summed E-state index contributed by atoms with van der Waals surface area (Å²) >= 11 is 0. The smallest absolute Gasteiger partial charge is 0.420 e. The first-order chi connectivity index (χ1) is 14.7. The van der Waals surface area contributed by atoms with Crippen molar-refractivity contribution >= 4 is 27.0 Å². The van der Waals surface area contributed by atoms with Crippen molar-refractivity contribution in [2.45, 2.75) is 38.3 Å². The van der Waals surface area contributed by atoms with E-state index in [0.29, 0.717) is 24.4 Å². The molecule has 31 heavy (non-hydrogen) atoms. The molecule has 0 saturated carbocycles. The number of hydrogen-bond acceptors (Lipinski definition) is 6. The molecule has 4 rings (SSSR count). The SMILES string of the molecule is C[C@@H]1C[C@H](C)CN(S(=O)(=O)c2ccc3c(c2)oc(=O)n3CC(=O)NCc2ccco2)C1. The van der Waals surface area contributed by atoms with E-state index in [1.807, 2.05) is 13.8 Å². The van der Waals surface area contributed by atoms with E-state index < -0.39 is 21.7 Å². The molecule has 2 aromatic heterocycles. The van der Waals surface area contributed by atoms with Crippen molar-refractivity contribution in [2.24, 2.45) is 11.8 Å². The van der Waals surface area contributed by atoms with Crippen molar-refractivity contribution in [1.82, 2.24) is 14.2 Å². The Morgan fingerprint density at radius 3 is 2.61 bits per heavy atom. The summed E-state index contributed by atoms with van der Waals surface area (Å²) in [6.45, 7) is 4.96. The summed E-state index contributed by atoms with van der Waals surface area (Å²) in [7, 11) is -3.71. The topological polar surface area (TPSA) is 115 Å². The largest absolute Gasteiger partial charge is 0.467 e. The summed E-state index contributed by atoms with van der Waals surface area (Å²) in [5.74, 6) is 0.0305. The number of oxazole rings is 1. The van der Waals surface area contributed by atoms with E-state index >= 15 is 0 Å². The van der Waals surface area contributed by atoms with E-state index in [0.717, 1.165) is 6.42 Å². The van der Waals surface area contributed by atoms with Crippen LogP contribution in [0.2, 0.25) is 0 Å². The van der Waals surface area contributed by atoms with Crippen LogP contribution in [0.15, 0.2) is 55.1 Å². The number of carbonyl (C=O) groups excluding carboxylic acids is 1. The van der Waals surface area contributed by atoms with Crippen molar-refractivity contribution in [2.75, 3.05) is 13.1 Å². The highest BCUT2D eigenvalue weighted by Gasteiger charge is 2.32. The number of amides is 1. The van der Waals surface area contributed by atoms with Crippen LogP contribution < -0.4 is 11.1 Å². The third kappa shape index (κ3) is 4.45. The molecule has 1 amide bonds. The van der Waals surface area contributed by atoms with Gasteiger partial charge in [0.1, 0.15) is 12.3 Å². The maximum absolute atomic E-state index is 13.1. The van der Waals surface area contributed by atoms with Gasteiger partial charge in [-0.15, -0.1) is 0 Å². The second kappa shape index (κ2) is 8.35. The number of fused-ring (bicyclic) bond motifs is 1. The van der Waals surface area contributed by atoms with Crippen molar-refractivity contribution in [1.29, 1.82) is 0 Å². The van der Waals surface area contributed by atoms with Gasteiger partial charge in [0, 0.05) is 19.2 Å². The van der Waals surface area contributed by atoms with E-state index in [1.165, 1.54) is 33.3 Å². The first-order valence-electron chi connectivity index (χ1n) is 10.2. The van der Waals surface area contributed by atoms with Crippen molar-refractivity contribution < 1.29 is 22.0 Å². The van der Waals surface area contributed by atoms with Gasteiger partial charge in [0.2, 0.25) is 15.9 Å². The third-order valence-electron chi connectivity index (χ3n) is 5.45. The fraction of sp³-hybridized carbons (Fsp3) is 0.429. The lowest BCUT2D eigenvalue weighted by molar-refractivity contribution is -0.121. The van der Waals surface area contributed by atoms with Gasteiger partial charge in [-0.3, -0.25) is 9.36 Å². The van der Waals surface area contributed by atoms with Crippen LogP contribution in [0.25, 0.3) is 11.1 Å². The zero-order valence-electron chi connectivity index (χ0n) is 17.4. The summed E-state index contributed by atoms with van der Waals surface area (Å²) in [5.41, 5.74) is 0.487. The number of furan rings is 1. The lowest BCUT2D eigenvalue weighted by Crippen LogP contribution is -2.42. The number of carbonyl (C=O) groups is 1. The number of nitrogens with one attached hydrogen (secondary N) is 1. The van der Waals surface area contributed by atoms with Gasteiger partial charge in [0.15, 0.2) is 5.58 Å². The fourth-order valence-corrected chi connectivity index (χ4v) is 5.80. The molecule has 1 fully saturated rings. The zero-order chi connectivity index (χ0) is 22.2.